The second kappa shape index (κ2) is 6.51. The maximum atomic E-state index is 11.8. The van der Waals surface area contributed by atoms with Gasteiger partial charge in [-0.1, -0.05) is 6.92 Å². The number of nitrogens with zero attached hydrogens (tertiary/aromatic N) is 1. The van der Waals surface area contributed by atoms with Gasteiger partial charge < -0.3 is 9.64 Å². The molecular formula is C12H21NO3. The van der Waals surface area contributed by atoms with E-state index in [1.165, 1.54) is 0 Å². The zero-order valence-corrected chi connectivity index (χ0v) is 10.2. The van der Waals surface area contributed by atoms with Crippen LogP contribution in [-0.2, 0) is 14.3 Å². The van der Waals surface area contributed by atoms with Crippen molar-refractivity contribution < 1.29 is 14.3 Å². The first kappa shape index (κ1) is 13.0. The quantitative estimate of drug-likeness (QED) is 0.622. The number of hydrogen-bond acceptors (Lipinski definition) is 3. The lowest BCUT2D eigenvalue weighted by atomic mass is 10.2. The first-order chi connectivity index (χ1) is 7.69. The topological polar surface area (TPSA) is 46.6 Å². The van der Waals surface area contributed by atoms with E-state index in [4.69, 9.17) is 4.74 Å². The average molecular weight is 227 g/mol. The summed E-state index contributed by atoms with van der Waals surface area (Å²) in [5, 5.41) is 0. The third-order valence-corrected chi connectivity index (χ3v) is 2.62. The lowest BCUT2D eigenvalue weighted by molar-refractivity contribution is -0.145. The molecule has 4 heteroatoms. The maximum absolute atomic E-state index is 11.8. The molecule has 4 nitrogen and oxygen atoms in total. The fourth-order valence-corrected chi connectivity index (χ4v) is 1.72. The number of rotatable bonds is 7. The van der Waals surface area contributed by atoms with Gasteiger partial charge in [-0.3, -0.25) is 9.59 Å². The van der Waals surface area contributed by atoms with E-state index < -0.39 is 0 Å². The van der Waals surface area contributed by atoms with Crippen LogP contribution < -0.4 is 0 Å². The van der Waals surface area contributed by atoms with Crippen molar-refractivity contribution in [2.75, 3.05) is 13.2 Å². The Labute approximate surface area is 96.9 Å². The van der Waals surface area contributed by atoms with Gasteiger partial charge in [0.1, 0.15) is 0 Å². The molecule has 0 spiro atoms. The molecule has 0 heterocycles. The highest BCUT2D eigenvalue weighted by molar-refractivity contribution is 5.81. The molecule has 0 radical (unpaired) electrons. The molecule has 1 amide bonds. The van der Waals surface area contributed by atoms with Crippen LogP contribution in [0, 0.1) is 0 Å². The molecule has 0 atom stereocenters. The van der Waals surface area contributed by atoms with Crippen molar-refractivity contribution in [1.29, 1.82) is 0 Å². The van der Waals surface area contributed by atoms with Crippen LogP contribution in [0.4, 0.5) is 0 Å². The number of carbonyl (C=O) groups excluding carboxylic acids is 2. The van der Waals surface area contributed by atoms with Gasteiger partial charge in [0.05, 0.1) is 13.0 Å². The Kier molecular flexibility index (Phi) is 5.29. The first-order valence-electron chi connectivity index (χ1n) is 6.14. The monoisotopic (exact) mass is 227 g/mol. The third kappa shape index (κ3) is 4.21. The van der Waals surface area contributed by atoms with Crippen LogP contribution in [0.2, 0.25) is 0 Å². The van der Waals surface area contributed by atoms with Crippen molar-refractivity contribution in [2.45, 2.75) is 52.0 Å². The zero-order valence-electron chi connectivity index (χ0n) is 10.2. The Bertz CT molecular complexity index is 249. The SMILES string of the molecule is CCCN(C(=O)CCC(=O)OCC)C1CC1. The molecule has 1 saturated carbocycles. The van der Waals surface area contributed by atoms with Crippen molar-refractivity contribution in [3.05, 3.63) is 0 Å². The number of hydrogen-bond donors (Lipinski definition) is 0. The highest BCUT2D eigenvalue weighted by Gasteiger charge is 2.31. The normalized spacial score (nSPS) is 14.6. The van der Waals surface area contributed by atoms with Gasteiger partial charge in [-0.05, 0) is 26.2 Å². The summed E-state index contributed by atoms with van der Waals surface area (Å²) in [6.07, 6.45) is 3.70. The van der Waals surface area contributed by atoms with Gasteiger partial charge in [-0.15, -0.1) is 0 Å². The van der Waals surface area contributed by atoms with Crippen molar-refractivity contribution in [3.8, 4) is 0 Å². The minimum atomic E-state index is -0.275. The molecule has 1 fully saturated rings. The Morgan fingerprint density at radius 3 is 2.44 bits per heavy atom. The molecule has 0 saturated heterocycles. The summed E-state index contributed by atoms with van der Waals surface area (Å²) < 4.78 is 4.80. The van der Waals surface area contributed by atoms with Crippen LogP contribution in [0.1, 0.15) is 46.0 Å². The summed E-state index contributed by atoms with van der Waals surface area (Å²) in [6, 6.07) is 0.439. The average Bonchev–Trinajstić information content (AvgIpc) is 3.07. The second-order valence-electron chi connectivity index (χ2n) is 4.12. The Morgan fingerprint density at radius 1 is 1.25 bits per heavy atom. The predicted octanol–water partition coefficient (Wildman–Crippen LogP) is 1.73. The molecule has 16 heavy (non-hydrogen) atoms. The molecule has 0 aliphatic heterocycles. The Hall–Kier alpha value is -1.06. The van der Waals surface area contributed by atoms with Crippen LogP contribution in [-0.4, -0.2) is 36.0 Å². The molecule has 92 valence electrons. The lowest BCUT2D eigenvalue weighted by Crippen LogP contribution is -2.34. The largest absolute Gasteiger partial charge is 0.466 e. The maximum Gasteiger partial charge on any atom is 0.306 e. The van der Waals surface area contributed by atoms with E-state index in [0.717, 1.165) is 25.8 Å². The highest BCUT2D eigenvalue weighted by Crippen LogP contribution is 2.27. The van der Waals surface area contributed by atoms with Crippen LogP contribution in [0.25, 0.3) is 0 Å². The highest BCUT2D eigenvalue weighted by atomic mass is 16.5. The molecule has 0 aromatic carbocycles. The standard InChI is InChI=1S/C12H21NO3/c1-3-9-13(10-5-6-10)11(14)7-8-12(15)16-4-2/h10H,3-9H2,1-2H3. The van der Waals surface area contributed by atoms with Gasteiger partial charge in [0.2, 0.25) is 5.91 Å². The summed E-state index contributed by atoms with van der Waals surface area (Å²) in [5.74, 6) is -0.180. The summed E-state index contributed by atoms with van der Waals surface area (Å²) in [5.41, 5.74) is 0. The Morgan fingerprint density at radius 2 is 1.94 bits per heavy atom. The fourth-order valence-electron chi connectivity index (χ4n) is 1.72. The fraction of sp³-hybridized carbons (Fsp3) is 0.833. The van der Waals surface area contributed by atoms with Crippen LogP contribution in [0.15, 0.2) is 0 Å². The number of carbonyl (C=O) groups is 2. The van der Waals surface area contributed by atoms with Crippen molar-refractivity contribution in [2.24, 2.45) is 0 Å². The van der Waals surface area contributed by atoms with Gasteiger partial charge in [-0.2, -0.15) is 0 Å². The number of amides is 1. The zero-order chi connectivity index (χ0) is 12.0. The Balaban J connectivity index is 2.28. The van der Waals surface area contributed by atoms with E-state index in [2.05, 4.69) is 6.92 Å². The molecule has 1 aliphatic rings. The van der Waals surface area contributed by atoms with E-state index in [-0.39, 0.29) is 24.7 Å². The third-order valence-electron chi connectivity index (χ3n) is 2.62. The molecular weight excluding hydrogens is 206 g/mol. The number of ether oxygens (including phenoxy) is 1. The lowest BCUT2D eigenvalue weighted by Gasteiger charge is -2.21. The smallest absolute Gasteiger partial charge is 0.306 e. The molecule has 1 aliphatic carbocycles. The molecule has 0 N–H and O–H groups in total. The van der Waals surface area contributed by atoms with Crippen molar-refractivity contribution in [3.63, 3.8) is 0 Å². The molecule has 0 unspecified atom stereocenters. The van der Waals surface area contributed by atoms with Gasteiger partial charge in [-0.25, -0.2) is 0 Å². The van der Waals surface area contributed by atoms with Crippen molar-refractivity contribution >= 4 is 11.9 Å². The van der Waals surface area contributed by atoms with Crippen LogP contribution >= 0.6 is 0 Å². The van der Waals surface area contributed by atoms with Crippen LogP contribution in [0.3, 0.4) is 0 Å². The summed E-state index contributed by atoms with van der Waals surface area (Å²) in [4.78, 5) is 24.9. The van der Waals surface area contributed by atoms with E-state index >= 15 is 0 Å². The van der Waals surface area contributed by atoms with E-state index in [1.54, 1.807) is 6.92 Å². The first-order valence-corrected chi connectivity index (χ1v) is 6.14. The van der Waals surface area contributed by atoms with Crippen molar-refractivity contribution in [1.82, 2.24) is 4.90 Å². The summed E-state index contributed by atoms with van der Waals surface area (Å²) >= 11 is 0. The molecule has 0 aromatic heterocycles. The van der Waals surface area contributed by atoms with Crippen LogP contribution in [0.5, 0.6) is 0 Å². The van der Waals surface area contributed by atoms with Gasteiger partial charge in [0, 0.05) is 19.0 Å². The summed E-state index contributed by atoms with van der Waals surface area (Å²) in [6.45, 7) is 5.03. The van der Waals surface area contributed by atoms with Gasteiger partial charge in [0.25, 0.3) is 0 Å². The predicted molar refractivity (Wildman–Crippen MR) is 60.9 cm³/mol. The van der Waals surface area contributed by atoms with E-state index in [1.807, 2.05) is 4.90 Å². The van der Waals surface area contributed by atoms with E-state index in [0.29, 0.717) is 12.6 Å². The summed E-state index contributed by atoms with van der Waals surface area (Å²) in [7, 11) is 0. The molecule has 1 rings (SSSR count). The van der Waals surface area contributed by atoms with E-state index in [9.17, 15) is 9.59 Å². The second-order valence-corrected chi connectivity index (χ2v) is 4.12. The molecule has 0 bridgehead atoms. The minimum Gasteiger partial charge on any atom is -0.466 e. The minimum absolute atomic E-state index is 0.0948. The van der Waals surface area contributed by atoms with Gasteiger partial charge >= 0.3 is 5.97 Å². The van der Waals surface area contributed by atoms with Gasteiger partial charge in [0.15, 0.2) is 0 Å². The number of esters is 1. The molecule has 0 aromatic rings.